The molecule has 3 rings (SSSR count). The average Bonchev–Trinajstić information content (AvgIpc) is 2.54. The van der Waals surface area contributed by atoms with Gasteiger partial charge in [-0.05, 0) is 24.3 Å². The van der Waals surface area contributed by atoms with Crippen molar-refractivity contribution in [3.8, 4) is 11.5 Å². The molecule has 6 heteroatoms. The van der Waals surface area contributed by atoms with Crippen LogP contribution in [-0.2, 0) is 4.79 Å². The van der Waals surface area contributed by atoms with Crippen molar-refractivity contribution in [1.82, 2.24) is 5.32 Å². The third-order valence-electron chi connectivity index (χ3n) is 3.55. The standard InChI is InChI=1S/C17H15Cl2NO3/c18-11-5-6-16(13(19)9-11)23-10-17(21)20-14-7-8-22-15-4-2-1-3-12(14)15/h1-6,9,14H,7-8,10H2,(H,20,21). The molecule has 1 N–H and O–H groups in total. The van der Waals surface area contributed by atoms with Crippen LogP contribution in [0, 0.1) is 0 Å². The van der Waals surface area contributed by atoms with E-state index in [1.165, 1.54) is 0 Å². The number of carbonyl (C=O) groups excluding carboxylic acids is 1. The lowest BCUT2D eigenvalue weighted by Crippen LogP contribution is -2.35. The lowest BCUT2D eigenvalue weighted by atomic mass is 10.0. The van der Waals surface area contributed by atoms with Crippen LogP contribution in [0.4, 0.5) is 0 Å². The van der Waals surface area contributed by atoms with Gasteiger partial charge >= 0.3 is 0 Å². The van der Waals surface area contributed by atoms with Crippen molar-refractivity contribution in [2.24, 2.45) is 0 Å². The normalized spacial score (nSPS) is 16.2. The smallest absolute Gasteiger partial charge is 0.258 e. The van der Waals surface area contributed by atoms with E-state index in [-0.39, 0.29) is 18.6 Å². The predicted molar refractivity (Wildman–Crippen MR) is 89.4 cm³/mol. The molecule has 0 saturated heterocycles. The second-order valence-electron chi connectivity index (χ2n) is 5.16. The van der Waals surface area contributed by atoms with E-state index in [9.17, 15) is 4.79 Å². The van der Waals surface area contributed by atoms with Gasteiger partial charge in [0.05, 0.1) is 17.7 Å². The van der Waals surface area contributed by atoms with Crippen molar-refractivity contribution in [2.75, 3.05) is 13.2 Å². The summed E-state index contributed by atoms with van der Waals surface area (Å²) in [6, 6.07) is 12.5. The molecule has 0 radical (unpaired) electrons. The van der Waals surface area contributed by atoms with Gasteiger partial charge < -0.3 is 14.8 Å². The molecule has 2 aromatic carbocycles. The molecule has 0 aliphatic carbocycles. The molecular formula is C17H15Cl2NO3. The number of fused-ring (bicyclic) bond motifs is 1. The Labute approximate surface area is 144 Å². The van der Waals surface area contributed by atoms with Gasteiger partial charge in [0, 0.05) is 17.0 Å². The van der Waals surface area contributed by atoms with Gasteiger partial charge in [-0.3, -0.25) is 4.79 Å². The number of benzene rings is 2. The first kappa shape index (κ1) is 16.0. The maximum absolute atomic E-state index is 12.1. The second kappa shape index (κ2) is 7.11. The van der Waals surface area contributed by atoms with Crippen LogP contribution >= 0.6 is 23.2 Å². The Morgan fingerprint density at radius 3 is 2.91 bits per heavy atom. The summed E-state index contributed by atoms with van der Waals surface area (Å²) in [5.41, 5.74) is 0.983. The Morgan fingerprint density at radius 2 is 2.09 bits per heavy atom. The molecule has 0 fully saturated rings. The van der Waals surface area contributed by atoms with Crippen LogP contribution in [0.3, 0.4) is 0 Å². The minimum Gasteiger partial charge on any atom is -0.493 e. The van der Waals surface area contributed by atoms with Gasteiger partial charge in [-0.15, -0.1) is 0 Å². The third-order valence-corrected chi connectivity index (χ3v) is 4.08. The molecule has 1 atom stereocenters. The van der Waals surface area contributed by atoms with E-state index in [1.54, 1.807) is 18.2 Å². The number of para-hydroxylation sites is 1. The van der Waals surface area contributed by atoms with Crippen LogP contribution in [-0.4, -0.2) is 19.1 Å². The number of hydrogen-bond acceptors (Lipinski definition) is 3. The molecule has 0 bridgehead atoms. The molecule has 1 aliphatic heterocycles. The number of amides is 1. The Balaban J connectivity index is 1.60. The summed E-state index contributed by atoms with van der Waals surface area (Å²) in [6.45, 7) is 0.465. The van der Waals surface area contributed by atoms with E-state index in [4.69, 9.17) is 32.7 Å². The third kappa shape index (κ3) is 3.89. The number of nitrogens with one attached hydrogen (secondary N) is 1. The molecule has 1 unspecified atom stereocenters. The largest absolute Gasteiger partial charge is 0.493 e. The van der Waals surface area contributed by atoms with Crippen LogP contribution in [0.15, 0.2) is 42.5 Å². The first-order valence-corrected chi connectivity index (χ1v) is 7.98. The molecule has 1 heterocycles. The number of rotatable bonds is 4. The van der Waals surface area contributed by atoms with E-state index in [2.05, 4.69) is 5.32 Å². The summed E-state index contributed by atoms with van der Waals surface area (Å²) in [6.07, 6.45) is 0.727. The lowest BCUT2D eigenvalue weighted by Gasteiger charge is -2.26. The Hall–Kier alpha value is -1.91. The summed E-state index contributed by atoms with van der Waals surface area (Å²) in [7, 11) is 0. The van der Waals surface area contributed by atoms with Crippen LogP contribution in [0.2, 0.25) is 10.0 Å². The molecule has 0 saturated carbocycles. The zero-order valence-electron chi connectivity index (χ0n) is 12.2. The van der Waals surface area contributed by atoms with Gasteiger partial charge in [-0.2, -0.15) is 0 Å². The van der Waals surface area contributed by atoms with Gasteiger partial charge in [0.25, 0.3) is 5.91 Å². The second-order valence-corrected chi connectivity index (χ2v) is 6.00. The predicted octanol–water partition coefficient (Wildman–Crippen LogP) is 4.01. The summed E-state index contributed by atoms with van der Waals surface area (Å²) in [4.78, 5) is 12.1. The van der Waals surface area contributed by atoms with Crippen molar-refractivity contribution >= 4 is 29.1 Å². The summed E-state index contributed by atoms with van der Waals surface area (Å²) in [5, 5.41) is 3.86. The first-order chi connectivity index (χ1) is 11.1. The highest BCUT2D eigenvalue weighted by Gasteiger charge is 2.22. The van der Waals surface area contributed by atoms with Gasteiger partial charge in [0.15, 0.2) is 6.61 Å². The fourth-order valence-electron chi connectivity index (χ4n) is 2.46. The van der Waals surface area contributed by atoms with Crippen molar-refractivity contribution in [3.05, 3.63) is 58.1 Å². The minimum absolute atomic E-state index is 0.0725. The fraction of sp³-hybridized carbons (Fsp3) is 0.235. The highest BCUT2D eigenvalue weighted by Crippen LogP contribution is 2.31. The topological polar surface area (TPSA) is 47.6 Å². The van der Waals surface area contributed by atoms with Crippen LogP contribution in [0.1, 0.15) is 18.0 Å². The van der Waals surface area contributed by atoms with Crippen molar-refractivity contribution in [1.29, 1.82) is 0 Å². The number of halogens is 2. The average molecular weight is 352 g/mol. The van der Waals surface area contributed by atoms with Crippen molar-refractivity contribution in [2.45, 2.75) is 12.5 Å². The maximum Gasteiger partial charge on any atom is 0.258 e. The highest BCUT2D eigenvalue weighted by atomic mass is 35.5. The molecule has 2 aromatic rings. The van der Waals surface area contributed by atoms with Gasteiger partial charge in [0.2, 0.25) is 0 Å². The first-order valence-electron chi connectivity index (χ1n) is 7.22. The van der Waals surface area contributed by atoms with Gasteiger partial charge in [-0.25, -0.2) is 0 Å². The molecule has 120 valence electrons. The fourth-order valence-corrected chi connectivity index (χ4v) is 2.93. The minimum atomic E-state index is -0.210. The summed E-state index contributed by atoms with van der Waals surface area (Å²) >= 11 is 11.8. The number of carbonyl (C=O) groups is 1. The molecule has 1 amide bonds. The Bertz CT molecular complexity index is 721. The molecule has 0 aromatic heterocycles. The quantitative estimate of drug-likeness (QED) is 0.904. The van der Waals surface area contributed by atoms with E-state index in [0.29, 0.717) is 22.4 Å². The zero-order valence-corrected chi connectivity index (χ0v) is 13.7. The maximum atomic E-state index is 12.1. The summed E-state index contributed by atoms with van der Waals surface area (Å²) in [5.74, 6) is 1.03. The molecule has 4 nitrogen and oxygen atoms in total. The van der Waals surface area contributed by atoms with Crippen molar-refractivity contribution < 1.29 is 14.3 Å². The van der Waals surface area contributed by atoms with Crippen LogP contribution in [0.5, 0.6) is 11.5 Å². The van der Waals surface area contributed by atoms with E-state index < -0.39 is 0 Å². The SMILES string of the molecule is O=C(COc1ccc(Cl)cc1Cl)NC1CCOc2ccccc21. The Morgan fingerprint density at radius 1 is 1.26 bits per heavy atom. The number of hydrogen-bond donors (Lipinski definition) is 1. The highest BCUT2D eigenvalue weighted by molar-refractivity contribution is 6.35. The van der Waals surface area contributed by atoms with E-state index in [1.807, 2.05) is 24.3 Å². The van der Waals surface area contributed by atoms with Crippen molar-refractivity contribution in [3.63, 3.8) is 0 Å². The van der Waals surface area contributed by atoms with E-state index in [0.717, 1.165) is 17.7 Å². The molecule has 1 aliphatic rings. The lowest BCUT2D eigenvalue weighted by molar-refractivity contribution is -0.124. The Kier molecular flexibility index (Phi) is 4.94. The van der Waals surface area contributed by atoms with Gasteiger partial charge in [0.1, 0.15) is 11.5 Å². The van der Waals surface area contributed by atoms with Gasteiger partial charge in [-0.1, -0.05) is 41.4 Å². The summed E-state index contributed by atoms with van der Waals surface area (Å²) < 4.78 is 11.0. The van der Waals surface area contributed by atoms with E-state index >= 15 is 0 Å². The van der Waals surface area contributed by atoms with Crippen LogP contribution < -0.4 is 14.8 Å². The molecule has 23 heavy (non-hydrogen) atoms. The molecular weight excluding hydrogens is 337 g/mol. The zero-order chi connectivity index (χ0) is 16.2. The van der Waals surface area contributed by atoms with Crippen LogP contribution in [0.25, 0.3) is 0 Å². The number of ether oxygens (including phenoxy) is 2. The monoisotopic (exact) mass is 351 g/mol. The molecule has 0 spiro atoms.